The van der Waals surface area contributed by atoms with Gasteiger partial charge in [-0.1, -0.05) is 12.1 Å². The molecule has 2 heterocycles. The number of primary amides is 1. The summed E-state index contributed by atoms with van der Waals surface area (Å²) in [6.07, 6.45) is 3.49. The highest BCUT2D eigenvalue weighted by atomic mass is 16.2. The van der Waals surface area contributed by atoms with Crippen molar-refractivity contribution in [2.45, 2.75) is 25.7 Å². The number of anilines is 1. The van der Waals surface area contributed by atoms with Gasteiger partial charge in [-0.25, -0.2) is 4.79 Å². The Morgan fingerprint density at radius 2 is 1.68 bits per heavy atom. The number of nitrogens with one attached hydrogen (secondary N) is 1. The Morgan fingerprint density at radius 1 is 1.00 bits per heavy atom. The quantitative estimate of drug-likeness (QED) is 0.873. The van der Waals surface area contributed by atoms with Crippen molar-refractivity contribution in [2.75, 3.05) is 31.5 Å². The van der Waals surface area contributed by atoms with Crippen LogP contribution in [0.25, 0.3) is 0 Å². The molecule has 4 amide bonds. The van der Waals surface area contributed by atoms with Crippen LogP contribution in [0.3, 0.4) is 0 Å². The molecule has 7 nitrogen and oxygen atoms in total. The predicted octanol–water partition coefficient (Wildman–Crippen LogP) is 1.65. The molecule has 3 rings (SSSR count). The number of rotatable bonds is 3. The van der Waals surface area contributed by atoms with Crippen LogP contribution in [0, 0.1) is 5.92 Å². The Kier molecular flexibility index (Phi) is 5.21. The van der Waals surface area contributed by atoms with Crippen molar-refractivity contribution in [2.24, 2.45) is 11.7 Å². The number of amides is 4. The fourth-order valence-electron chi connectivity index (χ4n) is 3.46. The summed E-state index contributed by atoms with van der Waals surface area (Å²) >= 11 is 0. The fraction of sp³-hybridized carbons (Fsp3) is 0.500. The van der Waals surface area contributed by atoms with Gasteiger partial charge in [0.1, 0.15) is 0 Å². The number of benzene rings is 1. The first-order valence-electron chi connectivity index (χ1n) is 8.80. The maximum Gasteiger partial charge on any atom is 0.321 e. The van der Waals surface area contributed by atoms with Gasteiger partial charge < -0.3 is 20.9 Å². The molecular formula is C18H24N4O3. The van der Waals surface area contributed by atoms with E-state index in [1.807, 2.05) is 4.90 Å². The minimum absolute atomic E-state index is 0.0537. The molecule has 0 aliphatic carbocycles. The van der Waals surface area contributed by atoms with Crippen LogP contribution in [0.4, 0.5) is 10.5 Å². The lowest BCUT2D eigenvalue weighted by Crippen LogP contribution is -2.46. The fourth-order valence-corrected chi connectivity index (χ4v) is 3.46. The van der Waals surface area contributed by atoms with Gasteiger partial charge in [-0.2, -0.15) is 0 Å². The van der Waals surface area contributed by atoms with Gasteiger partial charge in [0.2, 0.25) is 5.91 Å². The standard InChI is InChI=1S/C18H24N4O3/c19-16(23)13-6-5-11-22(12-13)18(25)20-15-8-2-1-7-14(15)17(24)21-9-3-4-10-21/h1-2,7-8,13H,3-6,9-12H2,(H2,19,23)(H,20,25)/t13-/m1/s1. The minimum Gasteiger partial charge on any atom is -0.369 e. The highest BCUT2D eigenvalue weighted by molar-refractivity contribution is 6.03. The van der Waals surface area contributed by atoms with Crippen LogP contribution in [0.2, 0.25) is 0 Å². The van der Waals surface area contributed by atoms with Crippen LogP contribution in [0.1, 0.15) is 36.0 Å². The number of para-hydroxylation sites is 1. The molecule has 0 unspecified atom stereocenters. The zero-order valence-electron chi connectivity index (χ0n) is 14.2. The molecule has 1 aromatic rings. The van der Waals surface area contributed by atoms with E-state index in [1.165, 1.54) is 0 Å². The molecule has 0 saturated carbocycles. The summed E-state index contributed by atoms with van der Waals surface area (Å²) < 4.78 is 0. The molecule has 2 saturated heterocycles. The topological polar surface area (TPSA) is 95.7 Å². The molecule has 0 bridgehead atoms. The second-order valence-corrected chi connectivity index (χ2v) is 6.66. The lowest BCUT2D eigenvalue weighted by molar-refractivity contribution is -0.123. The highest BCUT2D eigenvalue weighted by Crippen LogP contribution is 2.22. The number of carbonyl (C=O) groups is 3. The third-order valence-corrected chi connectivity index (χ3v) is 4.90. The number of hydrogen-bond donors (Lipinski definition) is 2. The minimum atomic E-state index is -0.373. The van der Waals surface area contributed by atoms with E-state index in [4.69, 9.17) is 5.73 Å². The van der Waals surface area contributed by atoms with E-state index in [2.05, 4.69) is 5.32 Å². The van der Waals surface area contributed by atoms with Gasteiger partial charge in [-0.05, 0) is 37.8 Å². The number of hydrogen-bond acceptors (Lipinski definition) is 3. The van der Waals surface area contributed by atoms with E-state index in [0.29, 0.717) is 30.8 Å². The lowest BCUT2D eigenvalue weighted by Gasteiger charge is -2.31. The number of urea groups is 1. The first-order valence-corrected chi connectivity index (χ1v) is 8.80. The summed E-state index contributed by atoms with van der Waals surface area (Å²) in [6.45, 7) is 2.42. The smallest absolute Gasteiger partial charge is 0.321 e. The molecule has 1 aromatic carbocycles. The van der Waals surface area contributed by atoms with E-state index < -0.39 is 0 Å². The molecule has 2 aliphatic heterocycles. The maximum absolute atomic E-state index is 12.7. The summed E-state index contributed by atoms with van der Waals surface area (Å²) in [6, 6.07) is 6.75. The molecule has 25 heavy (non-hydrogen) atoms. The number of nitrogens with two attached hydrogens (primary N) is 1. The lowest BCUT2D eigenvalue weighted by atomic mass is 9.98. The summed E-state index contributed by atoms with van der Waals surface area (Å²) in [7, 11) is 0. The van der Waals surface area contributed by atoms with Crippen molar-refractivity contribution in [3.05, 3.63) is 29.8 Å². The number of piperidine rings is 1. The Balaban J connectivity index is 1.71. The number of nitrogens with zero attached hydrogens (tertiary/aromatic N) is 2. The van der Waals surface area contributed by atoms with Gasteiger partial charge in [0, 0.05) is 26.2 Å². The summed E-state index contributed by atoms with van der Waals surface area (Å²) in [5.41, 5.74) is 6.37. The van der Waals surface area contributed by atoms with Crippen LogP contribution in [-0.2, 0) is 4.79 Å². The van der Waals surface area contributed by atoms with Gasteiger partial charge in [0.15, 0.2) is 0 Å². The Labute approximate surface area is 147 Å². The Bertz CT molecular complexity index is 670. The van der Waals surface area contributed by atoms with Gasteiger partial charge in [-0.15, -0.1) is 0 Å². The van der Waals surface area contributed by atoms with Gasteiger partial charge in [0.25, 0.3) is 5.91 Å². The first-order chi connectivity index (χ1) is 12.1. The van der Waals surface area contributed by atoms with Crippen molar-refractivity contribution >= 4 is 23.5 Å². The molecule has 0 radical (unpaired) electrons. The molecule has 3 N–H and O–H groups in total. The molecule has 2 aliphatic rings. The number of likely N-dealkylation sites (tertiary alicyclic amines) is 2. The maximum atomic E-state index is 12.7. The molecule has 1 atom stereocenters. The molecule has 7 heteroatoms. The summed E-state index contributed by atoms with van der Waals surface area (Å²) in [5, 5.41) is 2.83. The Hall–Kier alpha value is -2.57. The molecule has 0 spiro atoms. The second-order valence-electron chi connectivity index (χ2n) is 6.66. The third kappa shape index (κ3) is 3.92. The normalized spacial score (nSPS) is 20.4. The first kappa shape index (κ1) is 17.3. The predicted molar refractivity (Wildman–Crippen MR) is 94.1 cm³/mol. The van der Waals surface area contributed by atoms with E-state index >= 15 is 0 Å². The van der Waals surface area contributed by atoms with E-state index in [1.54, 1.807) is 29.2 Å². The van der Waals surface area contributed by atoms with Crippen LogP contribution in [-0.4, -0.2) is 53.8 Å². The molecular weight excluding hydrogens is 320 g/mol. The van der Waals surface area contributed by atoms with Crippen molar-refractivity contribution < 1.29 is 14.4 Å². The van der Waals surface area contributed by atoms with Crippen LogP contribution in [0.15, 0.2) is 24.3 Å². The zero-order valence-corrected chi connectivity index (χ0v) is 14.2. The average Bonchev–Trinajstić information content (AvgIpc) is 3.16. The monoisotopic (exact) mass is 344 g/mol. The van der Waals surface area contributed by atoms with Gasteiger partial charge in [0.05, 0.1) is 17.2 Å². The number of carbonyl (C=O) groups excluding carboxylic acids is 3. The van der Waals surface area contributed by atoms with Crippen molar-refractivity contribution in [3.8, 4) is 0 Å². The SMILES string of the molecule is NC(=O)[C@@H]1CCCN(C(=O)Nc2ccccc2C(=O)N2CCCC2)C1. The van der Waals surface area contributed by atoms with Crippen LogP contribution < -0.4 is 11.1 Å². The molecule has 134 valence electrons. The van der Waals surface area contributed by atoms with E-state index in [0.717, 1.165) is 32.4 Å². The zero-order chi connectivity index (χ0) is 17.8. The summed E-state index contributed by atoms with van der Waals surface area (Å²) in [5.74, 6) is -0.731. The van der Waals surface area contributed by atoms with Gasteiger partial charge >= 0.3 is 6.03 Å². The Morgan fingerprint density at radius 3 is 2.40 bits per heavy atom. The van der Waals surface area contributed by atoms with Crippen molar-refractivity contribution in [1.82, 2.24) is 9.80 Å². The second kappa shape index (κ2) is 7.55. The van der Waals surface area contributed by atoms with Crippen LogP contribution >= 0.6 is 0 Å². The van der Waals surface area contributed by atoms with Crippen LogP contribution in [0.5, 0.6) is 0 Å². The van der Waals surface area contributed by atoms with E-state index in [9.17, 15) is 14.4 Å². The summed E-state index contributed by atoms with van der Waals surface area (Å²) in [4.78, 5) is 40.0. The van der Waals surface area contributed by atoms with Crippen molar-refractivity contribution in [1.29, 1.82) is 0 Å². The average molecular weight is 344 g/mol. The molecule has 0 aromatic heterocycles. The van der Waals surface area contributed by atoms with E-state index in [-0.39, 0.29) is 23.8 Å². The highest BCUT2D eigenvalue weighted by Gasteiger charge is 2.28. The largest absolute Gasteiger partial charge is 0.369 e. The van der Waals surface area contributed by atoms with Gasteiger partial charge in [-0.3, -0.25) is 9.59 Å². The molecule has 2 fully saturated rings. The van der Waals surface area contributed by atoms with Crippen molar-refractivity contribution in [3.63, 3.8) is 0 Å². The third-order valence-electron chi connectivity index (χ3n) is 4.90.